The Morgan fingerprint density at radius 1 is 1.10 bits per heavy atom. The van der Waals surface area contributed by atoms with E-state index in [9.17, 15) is 4.79 Å². The van der Waals surface area contributed by atoms with E-state index < -0.39 is 0 Å². The number of ketones is 1. The smallest absolute Gasteiger partial charge is 0.160 e. The monoisotopic (exact) mass is 276 g/mol. The van der Waals surface area contributed by atoms with Crippen LogP contribution in [0.1, 0.15) is 56.3 Å². The molecule has 0 radical (unpaired) electrons. The van der Waals surface area contributed by atoms with E-state index in [1.807, 2.05) is 19.1 Å². The van der Waals surface area contributed by atoms with Gasteiger partial charge in [0.15, 0.2) is 5.78 Å². The van der Waals surface area contributed by atoms with E-state index in [-0.39, 0.29) is 5.78 Å². The highest BCUT2D eigenvalue weighted by atomic mass is 16.5. The molecule has 1 aromatic carbocycles. The molecule has 0 saturated heterocycles. The molecule has 0 unspecified atom stereocenters. The van der Waals surface area contributed by atoms with Gasteiger partial charge in [-0.2, -0.15) is 0 Å². The van der Waals surface area contributed by atoms with Gasteiger partial charge in [0, 0.05) is 11.6 Å². The van der Waals surface area contributed by atoms with Crippen molar-refractivity contribution in [2.75, 3.05) is 13.2 Å². The van der Waals surface area contributed by atoms with Crippen LogP contribution in [0.5, 0.6) is 11.5 Å². The Bertz CT molecular complexity index is 448. The SMILES string of the molecule is CCOc1cc(OCC2CCCCC2)cc(C(C)=O)c1. The highest BCUT2D eigenvalue weighted by molar-refractivity contribution is 5.94. The normalized spacial score (nSPS) is 15.9. The Balaban J connectivity index is 2.03. The van der Waals surface area contributed by atoms with E-state index in [2.05, 4.69) is 0 Å². The van der Waals surface area contributed by atoms with Gasteiger partial charge in [-0.3, -0.25) is 4.79 Å². The molecule has 1 aliphatic carbocycles. The third-order valence-corrected chi connectivity index (χ3v) is 3.81. The summed E-state index contributed by atoms with van der Waals surface area (Å²) in [7, 11) is 0. The van der Waals surface area contributed by atoms with Crippen molar-refractivity contribution in [2.24, 2.45) is 5.92 Å². The number of carbonyl (C=O) groups excluding carboxylic acids is 1. The summed E-state index contributed by atoms with van der Waals surface area (Å²) in [4.78, 5) is 11.5. The number of Topliss-reactive ketones (excluding diaryl/α,β-unsaturated/α-hetero) is 1. The molecule has 0 spiro atoms. The highest BCUT2D eigenvalue weighted by Crippen LogP contribution is 2.27. The van der Waals surface area contributed by atoms with Gasteiger partial charge in [-0.25, -0.2) is 0 Å². The summed E-state index contributed by atoms with van der Waals surface area (Å²) in [6.07, 6.45) is 6.48. The third kappa shape index (κ3) is 4.26. The van der Waals surface area contributed by atoms with Crippen molar-refractivity contribution in [1.29, 1.82) is 0 Å². The van der Waals surface area contributed by atoms with E-state index in [1.165, 1.54) is 32.1 Å². The highest BCUT2D eigenvalue weighted by Gasteiger charge is 2.14. The number of hydrogen-bond donors (Lipinski definition) is 0. The predicted molar refractivity (Wildman–Crippen MR) is 79.7 cm³/mol. The lowest BCUT2D eigenvalue weighted by atomic mass is 9.90. The summed E-state index contributed by atoms with van der Waals surface area (Å²) in [5.41, 5.74) is 0.648. The van der Waals surface area contributed by atoms with Gasteiger partial charge in [0.25, 0.3) is 0 Å². The average molecular weight is 276 g/mol. The van der Waals surface area contributed by atoms with Crippen molar-refractivity contribution in [3.63, 3.8) is 0 Å². The number of hydrogen-bond acceptors (Lipinski definition) is 3. The fourth-order valence-corrected chi connectivity index (χ4v) is 2.68. The number of benzene rings is 1. The zero-order chi connectivity index (χ0) is 14.4. The molecule has 2 rings (SSSR count). The van der Waals surface area contributed by atoms with Gasteiger partial charge >= 0.3 is 0 Å². The molecule has 0 aromatic heterocycles. The van der Waals surface area contributed by atoms with Crippen LogP contribution in [0.2, 0.25) is 0 Å². The molecule has 1 saturated carbocycles. The standard InChI is InChI=1S/C17H24O3/c1-3-19-16-9-15(13(2)18)10-17(11-16)20-12-14-7-5-4-6-8-14/h9-11,14H,3-8,12H2,1-2H3. The largest absolute Gasteiger partial charge is 0.494 e. The van der Waals surface area contributed by atoms with Crippen LogP contribution < -0.4 is 9.47 Å². The second-order valence-electron chi connectivity index (χ2n) is 5.50. The van der Waals surface area contributed by atoms with Crippen LogP contribution in [-0.2, 0) is 0 Å². The zero-order valence-electron chi connectivity index (χ0n) is 12.5. The lowest BCUT2D eigenvalue weighted by Crippen LogP contribution is -2.15. The molecule has 0 aliphatic heterocycles. The summed E-state index contributed by atoms with van der Waals surface area (Å²) in [5, 5.41) is 0. The van der Waals surface area contributed by atoms with Gasteiger partial charge in [-0.05, 0) is 44.7 Å². The van der Waals surface area contributed by atoms with Gasteiger partial charge in [0.05, 0.1) is 13.2 Å². The van der Waals surface area contributed by atoms with E-state index in [4.69, 9.17) is 9.47 Å². The zero-order valence-corrected chi connectivity index (χ0v) is 12.5. The maximum absolute atomic E-state index is 11.5. The first-order valence-corrected chi connectivity index (χ1v) is 7.60. The summed E-state index contributed by atoms with van der Waals surface area (Å²) < 4.78 is 11.4. The average Bonchev–Trinajstić information content (AvgIpc) is 2.46. The van der Waals surface area contributed by atoms with Gasteiger partial charge < -0.3 is 9.47 Å². The molecule has 0 N–H and O–H groups in total. The minimum absolute atomic E-state index is 0.0362. The van der Waals surface area contributed by atoms with Crippen molar-refractivity contribution >= 4 is 5.78 Å². The van der Waals surface area contributed by atoms with Gasteiger partial charge in [0.2, 0.25) is 0 Å². The first kappa shape index (κ1) is 14.9. The first-order valence-electron chi connectivity index (χ1n) is 7.60. The Morgan fingerprint density at radius 3 is 2.35 bits per heavy atom. The summed E-state index contributed by atoms with van der Waals surface area (Å²) in [6, 6.07) is 5.46. The van der Waals surface area contributed by atoms with Crippen LogP contribution in [-0.4, -0.2) is 19.0 Å². The molecular weight excluding hydrogens is 252 g/mol. The van der Waals surface area contributed by atoms with E-state index in [1.54, 1.807) is 13.0 Å². The molecule has 0 bridgehead atoms. The maximum Gasteiger partial charge on any atom is 0.160 e. The summed E-state index contributed by atoms with van der Waals surface area (Å²) >= 11 is 0. The predicted octanol–water partition coefficient (Wildman–Crippen LogP) is 4.25. The quantitative estimate of drug-likeness (QED) is 0.729. The summed E-state index contributed by atoms with van der Waals surface area (Å²) in [5.74, 6) is 2.14. The maximum atomic E-state index is 11.5. The lowest BCUT2D eigenvalue weighted by molar-refractivity contribution is 0.101. The number of ether oxygens (including phenoxy) is 2. The Kier molecular flexibility index (Phi) is 5.45. The lowest BCUT2D eigenvalue weighted by Gasteiger charge is -2.22. The summed E-state index contributed by atoms with van der Waals surface area (Å²) in [6.45, 7) is 4.83. The molecule has 110 valence electrons. The minimum Gasteiger partial charge on any atom is -0.494 e. The topological polar surface area (TPSA) is 35.5 Å². The van der Waals surface area contributed by atoms with Crippen molar-refractivity contribution in [2.45, 2.75) is 46.0 Å². The van der Waals surface area contributed by atoms with Crippen molar-refractivity contribution < 1.29 is 14.3 Å². The van der Waals surface area contributed by atoms with Crippen molar-refractivity contribution in [3.05, 3.63) is 23.8 Å². The van der Waals surface area contributed by atoms with Crippen LogP contribution in [0.15, 0.2) is 18.2 Å². The molecule has 1 aliphatic rings. The Morgan fingerprint density at radius 2 is 1.75 bits per heavy atom. The van der Waals surface area contributed by atoms with Crippen LogP contribution in [0.4, 0.5) is 0 Å². The van der Waals surface area contributed by atoms with Crippen LogP contribution >= 0.6 is 0 Å². The molecule has 0 amide bonds. The van der Waals surface area contributed by atoms with Crippen molar-refractivity contribution in [3.8, 4) is 11.5 Å². The van der Waals surface area contributed by atoms with Crippen LogP contribution in [0, 0.1) is 5.92 Å². The second-order valence-corrected chi connectivity index (χ2v) is 5.50. The molecule has 0 atom stereocenters. The second kappa shape index (κ2) is 7.32. The Hall–Kier alpha value is -1.51. The number of rotatable bonds is 6. The van der Waals surface area contributed by atoms with Gasteiger partial charge in [-0.15, -0.1) is 0 Å². The number of carbonyl (C=O) groups is 1. The van der Waals surface area contributed by atoms with Gasteiger partial charge in [0.1, 0.15) is 11.5 Å². The molecular formula is C17H24O3. The molecule has 3 nitrogen and oxygen atoms in total. The van der Waals surface area contributed by atoms with E-state index in [0.717, 1.165) is 12.4 Å². The third-order valence-electron chi connectivity index (χ3n) is 3.81. The van der Waals surface area contributed by atoms with Crippen molar-refractivity contribution in [1.82, 2.24) is 0 Å². The first-order chi connectivity index (χ1) is 9.69. The molecule has 0 heterocycles. The van der Waals surface area contributed by atoms with Crippen LogP contribution in [0.25, 0.3) is 0 Å². The fourth-order valence-electron chi connectivity index (χ4n) is 2.68. The minimum atomic E-state index is 0.0362. The molecule has 20 heavy (non-hydrogen) atoms. The van der Waals surface area contributed by atoms with Gasteiger partial charge in [-0.1, -0.05) is 19.3 Å². The Labute approximate surface area is 121 Å². The molecule has 1 aromatic rings. The van der Waals surface area contributed by atoms with E-state index in [0.29, 0.717) is 23.8 Å². The van der Waals surface area contributed by atoms with E-state index >= 15 is 0 Å². The fraction of sp³-hybridized carbons (Fsp3) is 0.588. The molecule has 3 heteroatoms. The molecule has 1 fully saturated rings. The van der Waals surface area contributed by atoms with Crippen LogP contribution in [0.3, 0.4) is 0 Å².